The fourth-order valence-corrected chi connectivity index (χ4v) is 5.10. The van der Waals surface area contributed by atoms with E-state index in [1.807, 2.05) is 11.6 Å². The standard InChI is InChI=1S/C19H18N4S2/c1-12-9-15(13(2)23(12)19-21-7-8-24-19)17-11-25-18(22-17)16(10-20)14-5-3-4-6-14/h7-9,11H,3-6H2,1-2H3. The predicted molar refractivity (Wildman–Crippen MR) is 103 cm³/mol. The van der Waals surface area contributed by atoms with E-state index in [4.69, 9.17) is 4.98 Å². The van der Waals surface area contributed by atoms with Crippen LogP contribution in [0.25, 0.3) is 22.0 Å². The maximum Gasteiger partial charge on any atom is 0.193 e. The monoisotopic (exact) mass is 366 g/mol. The first-order chi connectivity index (χ1) is 12.2. The van der Waals surface area contributed by atoms with Crippen molar-refractivity contribution in [3.63, 3.8) is 0 Å². The Morgan fingerprint density at radius 3 is 2.72 bits per heavy atom. The van der Waals surface area contributed by atoms with Crippen LogP contribution < -0.4 is 0 Å². The molecule has 126 valence electrons. The van der Waals surface area contributed by atoms with E-state index in [9.17, 15) is 5.26 Å². The summed E-state index contributed by atoms with van der Waals surface area (Å²) in [4.78, 5) is 9.23. The van der Waals surface area contributed by atoms with Crippen LogP contribution in [0.5, 0.6) is 0 Å². The van der Waals surface area contributed by atoms with Gasteiger partial charge in [0.05, 0.1) is 11.3 Å². The lowest BCUT2D eigenvalue weighted by molar-refractivity contribution is 0.886. The van der Waals surface area contributed by atoms with Crippen LogP contribution in [0.2, 0.25) is 0 Å². The Kier molecular flexibility index (Phi) is 4.28. The topological polar surface area (TPSA) is 54.5 Å². The van der Waals surface area contributed by atoms with E-state index < -0.39 is 0 Å². The van der Waals surface area contributed by atoms with Crippen molar-refractivity contribution < 1.29 is 0 Å². The SMILES string of the molecule is Cc1cc(-c2csc(C(C#N)=C3CCCC3)n2)c(C)n1-c1nccs1. The lowest BCUT2D eigenvalue weighted by atomic mass is 10.1. The molecule has 0 amide bonds. The molecular formula is C19H18N4S2. The number of aromatic nitrogens is 3. The molecule has 4 rings (SSSR count). The van der Waals surface area contributed by atoms with Gasteiger partial charge in [-0.15, -0.1) is 22.7 Å². The molecule has 3 heterocycles. The Bertz CT molecular complexity index is 975. The van der Waals surface area contributed by atoms with Gasteiger partial charge in [-0.1, -0.05) is 0 Å². The molecule has 3 aromatic heterocycles. The first-order valence-electron chi connectivity index (χ1n) is 8.36. The van der Waals surface area contributed by atoms with Gasteiger partial charge in [-0.3, -0.25) is 4.57 Å². The number of aryl methyl sites for hydroxylation is 1. The molecule has 0 aromatic carbocycles. The van der Waals surface area contributed by atoms with Crippen LogP contribution in [0.15, 0.2) is 28.6 Å². The number of nitrogens with zero attached hydrogens (tertiary/aromatic N) is 4. The van der Waals surface area contributed by atoms with E-state index >= 15 is 0 Å². The second kappa shape index (κ2) is 6.58. The van der Waals surface area contributed by atoms with Crippen molar-refractivity contribution >= 4 is 28.2 Å². The molecule has 0 aliphatic heterocycles. The van der Waals surface area contributed by atoms with Crippen molar-refractivity contribution in [2.75, 3.05) is 0 Å². The van der Waals surface area contributed by atoms with Crippen molar-refractivity contribution in [2.45, 2.75) is 39.5 Å². The molecule has 0 spiro atoms. The second-order valence-corrected chi connectivity index (χ2v) is 8.00. The molecule has 3 aromatic rings. The number of thiazole rings is 2. The third-order valence-corrected chi connectivity index (χ3v) is 6.32. The zero-order valence-corrected chi connectivity index (χ0v) is 15.9. The van der Waals surface area contributed by atoms with E-state index in [0.717, 1.165) is 51.2 Å². The zero-order chi connectivity index (χ0) is 17.4. The minimum Gasteiger partial charge on any atom is -0.294 e. The van der Waals surface area contributed by atoms with Gasteiger partial charge in [-0.2, -0.15) is 5.26 Å². The maximum absolute atomic E-state index is 9.60. The zero-order valence-electron chi connectivity index (χ0n) is 14.2. The molecule has 4 nitrogen and oxygen atoms in total. The average Bonchev–Trinajstić information content (AvgIpc) is 3.36. The summed E-state index contributed by atoms with van der Waals surface area (Å²) in [7, 11) is 0. The van der Waals surface area contributed by atoms with Crippen molar-refractivity contribution in [2.24, 2.45) is 0 Å². The van der Waals surface area contributed by atoms with Crippen LogP contribution in [-0.2, 0) is 0 Å². The quantitative estimate of drug-likeness (QED) is 0.573. The summed E-state index contributed by atoms with van der Waals surface area (Å²) in [6.45, 7) is 4.19. The normalized spacial score (nSPS) is 14.0. The average molecular weight is 367 g/mol. The van der Waals surface area contributed by atoms with Gasteiger partial charge in [0.1, 0.15) is 11.1 Å². The van der Waals surface area contributed by atoms with Crippen molar-refractivity contribution in [3.8, 4) is 22.5 Å². The minimum absolute atomic E-state index is 0.794. The Morgan fingerprint density at radius 1 is 1.24 bits per heavy atom. The summed E-state index contributed by atoms with van der Waals surface area (Å²) in [6.07, 6.45) is 6.28. The fourth-order valence-electron chi connectivity index (χ4n) is 3.48. The number of hydrogen-bond acceptors (Lipinski definition) is 5. The highest BCUT2D eigenvalue weighted by Gasteiger charge is 2.19. The lowest BCUT2D eigenvalue weighted by Gasteiger charge is -2.04. The van der Waals surface area contributed by atoms with Gasteiger partial charge < -0.3 is 0 Å². The second-order valence-electron chi connectivity index (χ2n) is 6.27. The number of allylic oxidation sites excluding steroid dienone is 2. The van der Waals surface area contributed by atoms with Crippen LogP contribution in [0.4, 0.5) is 0 Å². The summed E-state index contributed by atoms with van der Waals surface area (Å²) in [5.74, 6) is 0. The molecule has 0 bridgehead atoms. The molecule has 1 aliphatic carbocycles. The third-order valence-electron chi connectivity index (χ3n) is 4.71. The lowest BCUT2D eigenvalue weighted by Crippen LogP contribution is -1.98. The molecular weight excluding hydrogens is 348 g/mol. The van der Waals surface area contributed by atoms with Crippen molar-refractivity contribution in [3.05, 3.63) is 45.0 Å². The van der Waals surface area contributed by atoms with Crippen molar-refractivity contribution in [1.29, 1.82) is 5.26 Å². The third kappa shape index (κ3) is 2.84. The highest BCUT2D eigenvalue weighted by atomic mass is 32.1. The Hall–Kier alpha value is -2.23. The Morgan fingerprint density at radius 2 is 2.04 bits per heavy atom. The largest absolute Gasteiger partial charge is 0.294 e. The molecule has 0 radical (unpaired) electrons. The van der Waals surface area contributed by atoms with Crippen LogP contribution in [-0.4, -0.2) is 14.5 Å². The summed E-state index contributed by atoms with van der Waals surface area (Å²) in [5.41, 5.74) is 6.41. The van der Waals surface area contributed by atoms with Crippen LogP contribution >= 0.6 is 22.7 Å². The fraction of sp³-hybridized carbons (Fsp3) is 0.316. The first kappa shape index (κ1) is 16.2. The molecule has 0 N–H and O–H groups in total. The van der Waals surface area contributed by atoms with Crippen LogP contribution in [0.1, 0.15) is 42.1 Å². The first-order valence-corrected chi connectivity index (χ1v) is 10.1. The van der Waals surface area contributed by atoms with Crippen LogP contribution in [0.3, 0.4) is 0 Å². The smallest absolute Gasteiger partial charge is 0.193 e. The van der Waals surface area contributed by atoms with Gasteiger partial charge in [0.2, 0.25) is 0 Å². The molecule has 0 unspecified atom stereocenters. The Balaban J connectivity index is 1.76. The van der Waals surface area contributed by atoms with Gasteiger partial charge in [-0.05, 0) is 51.2 Å². The summed E-state index contributed by atoms with van der Waals surface area (Å²) < 4.78 is 2.17. The molecule has 25 heavy (non-hydrogen) atoms. The van der Waals surface area contributed by atoms with E-state index in [-0.39, 0.29) is 0 Å². The van der Waals surface area contributed by atoms with E-state index in [2.05, 4.69) is 40.9 Å². The predicted octanol–water partition coefficient (Wildman–Crippen LogP) is 5.53. The summed E-state index contributed by atoms with van der Waals surface area (Å²) >= 11 is 3.20. The van der Waals surface area contributed by atoms with Gasteiger partial charge in [0, 0.05) is 33.9 Å². The summed E-state index contributed by atoms with van der Waals surface area (Å²) in [6, 6.07) is 4.55. The van der Waals surface area contributed by atoms with Crippen LogP contribution in [0, 0.1) is 25.2 Å². The molecule has 1 aliphatic rings. The van der Waals surface area contributed by atoms with E-state index in [0.29, 0.717) is 0 Å². The van der Waals surface area contributed by atoms with Gasteiger partial charge in [-0.25, -0.2) is 9.97 Å². The number of rotatable bonds is 3. The molecule has 0 atom stereocenters. The highest BCUT2D eigenvalue weighted by molar-refractivity contribution is 7.12. The molecule has 1 saturated carbocycles. The van der Waals surface area contributed by atoms with E-state index in [1.165, 1.54) is 18.4 Å². The minimum atomic E-state index is 0.794. The maximum atomic E-state index is 9.60. The van der Waals surface area contributed by atoms with Gasteiger partial charge >= 0.3 is 0 Å². The van der Waals surface area contributed by atoms with Gasteiger partial charge in [0.15, 0.2) is 5.13 Å². The molecule has 1 fully saturated rings. The van der Waals surface area contributed by atoms with Gasteiger partial charge in [0.25, 0.3) is 0 Å². The van der Waals surface area contributed by atoms with Crippen molar-refractivity contribution in [1.82, 2.24) is 14.5 Å². The number of nitriles is 1. The molecule has 0 saturated heterocycles. The highest BCUT2D eigenvalue weighted by Crippen LogP contribution is 2.36. The summed E-state index contributed by atoms with van der Waals surface area (Å²) in [5, 5.41) is 15.5. The number of hydrogen-bond donors (Lipinski definition) is 0. The van der Waals surface area contributed by atoms with E-state index in [1.54, 1.807) is 22.7 Å². The molecule has 6 heteroatoms. The Labute approximate surface area is 155 Å².